The molecule has 4 aromatic carbocycles. The fourth-order valence-electron chi connectivity index (χ4n) is 7.51. The second-order valence-corrected chi connectivity index (χ2v) is 13.8. The number of rotatable bonds is 10. The second kappa shape index (κ2) is 20.6. The van der Waals surface area contributed by atoms with Gasteiger partial charge in [0.2, 0.25) is 0 Å². The van der Waals surface area contributed by atoms with Crippen LogP contribution in [0, 0.1) is 0 Å². The molecular weight excluding hydrogens is 725 g/mol. The van der Waals surface area contributed by atoms with E-state index in [1.165, 1.54) is 12.7 Å². The molecule has 1 saturated carbocycles. The number of hydrogen-bond donors (Lipinski definition) is 5. The lowest BCUT2D eigenvalue weighted by atomic mass is 9.67. The Bertz CT molecular complexity index is 2100. The Morgan fingerprint density at radius 3 is 1.67 bits per heavy atom. The Kier molecular flexibility index (Phi) is 15.7. The summed E-state index contributed by atoms with van der Waals surface area (Å²) < 4.78 is 15.8. The summed E-state index contributed by atoms with van der Waals surface area (Å²) >= 11 is 0. The van der Waals surface area contributed by atoms with Crippen LogP contribution >= 0.6 is 0 Å². The number of hydrogen-bond acceptors (Lipinski definition) is 10. The molecule has 0 aliphatic heterocycles. The van der Waals surface area contributed by atoms with Crippen LogP contribution in [-0.4, -0.2) is 60.4 Å². The molecule has 2 unspecified atom stereocenters. The second-order valence-electron chi connectivity index (χ2n) is 13.8. The zero-order valence-electron chi connectivity index (χ0n) is 31.6. The predicted molar refractivity (Wildman–Crippen MR) is 218 cm³/mol. The average Bonchev–Trinajstić information content (AvgIpc) is 3.74. The van der Waals surface area contributed by atoms with Crippen LogP contribution < -0.4 is 26.0 Å². The fraction of sp³-hybridized carbons (Fsp3) is 0.289. The van der Waals surface area contributed by atoms with E-state index in [0.29, 0.717) is 54.1 Å². The number of carbonyl (C=O) groups excluding carboxylic acids is 3. The number of aromatic nitrogens is 1. The number of aliphatic hydroxyl groups excluding tert-OH is 1. The summed E-state index contributed by atoms with van der Waals surface area (Å²) in [5, 5.41) is 26.1. The standard InChI is InChI=1S/C22H22N2O3.C22H23NO4.CH4.H3NO/c1-26-20-10-6-5-9-18(20)21(25)23-15-22(17-7-3-2-4-8-17)12-11-16-14-27-24-19(16)13-22;1-27-20-10-6-5-9-18(20)21(26)23-15-22(17-7-3-2-4-8-17)12-11-16(14-24)19(25)13-22;;1-2/h2-10,14H,11-13,15H2,1H3,(H,23,25);2-10,14,24H,11-13,15H2,1H3,(H,23,26);1H4;2H,1H2/b;16-14-;;. The van der Waals surface area contributed by atoms with Gasteiger partial charge in [0.1, 0.15) is 17.8 Å². The third-order valence-corrected chi connectivity index (χ3v) is 10.6. The molecule has 57 heavy (non-hydrogen) atoms. The van der Waals surface area contributed by atoms with Crippen molar-refractivity contribution in [3.8, 4) is 11.5 Å². The predicted octanol–water partition coefficient (Wildman–Crippen LogP) is 7.07. The Morgan fingerprint density at radius 2 is 1.19 bits per heavy atom. The minimum atomic E-state index is -0.497. The highest BCUT2D eigenvalue weighted by molar-refractivity contribution is 5.98. The van der Waals surface area contributed by atoms with E-state index in [9.17, 15) is 19.5 Å². The first-order valence-electron chi connectivity index (χ1n) is 18.3. The SMILES string of the molecule is C.COc1ccccc1C(=O)NCC1(c2ccccc2)CC/C(=C/O)C(=O)C1.COc1ccccc1C(=O)NCC1(c2ccccc2)CCc2conc2C1.NO. The fourth-order valence-corrected chi connectivity index (χ4v) is 7.51. The maximum atomic E-state index is 12.8. The minimum absolute atomic E-state index is 0. The highest BCUT2D eigenvalue weighted by atomic mass is 16.5. The van der Waals surface area contributed by atoms with Crippen LogP contribution in [0.3, 0.4) is 0 Å². The first-order valence-corrected chi connectivity index (χ1v) is 18.3. The number of ketones is 1. The Hall–Kier alpha value is -6.24. The van der Waals surface area contributed by atoms with Gasteiger partial charge in [-0.15, -0.1) is 0 Å². The number of para-hydroxylation sites is 2. The number of nitrogens with one attached hydrogen (secondary N) is 2. The number of methoxy groups -OCH3 is 2. The largest absolute Gasteiger partial charge is 0.515 e. The molecule has 2 aliphatic rings. The van der Waals surface area contributed by atoms with E-state index in [1.54, 1.807) is 43.7 Å². The molecule has 300 valence electrons. The summed E-state index contributed by atoms with van der Waals surface area (Å²) in [4.78, 5) is 38.0. The van der Waals surface area contributed by atoms with Crippen LogP contribution in [0.5, 0.6) is 11.5 Å². The highest BCUT2D eigenvalue weighted by Gasteiger charge is 2.40. The molecule has 5 aromatic rings. The highest BCUT2D eigenvalue weighted by Crippen LogP contribution is 2.40. The molecule has 0 radical (unpaired) electrons. The topological polar surface area (TPSA) is 186 Å². The van der Waals surface area contributed by atoms with Gasteiger partial charge in [-0.25, -0.2) is 5.90 Å². The Morgan fingerprint density at radius 1 is 0.737 bits per heavy atom. The Balaban J connectivity index is 0.000000238. The van der Waals surface area contributed by atoms with Crippen LogP contribution in [0.2, 0.25) is 0 Å². The number of aryl methyl sites for hydroxylation is 1. The first kappa shape index (κ1) is 43.5. The number of amides is 2. The van der Waals surface area contributed by atoms with Gasteiger partial charge in [0.05, 0.1) is 37.3 Å². The van der Waals surface area contributed by atoms with Crippen molar-refractivity contribution in [2.24, 2.45) is 5.90 Å². The van der Waals surface area contributed by atoms with Crippen molar-refractivity contribution < 1.29 is 38.7 Å². The molecular formula is C45H52N4O8. The third kappa shape index (κ3) is 10.1. The van der Waals surface area contributed by atoms with E-state index in [-0.39, 0.29) is 36.9 Å². The van der Waals surface area contributed by atoms with Crippen molar-refractivity contribution in [1.82, 2.24) is 15.8 Å². The maximum Gasteiger partial charge on any atom is 0.255 e. The van der Waals surface area contributed by atoms with Gasteiger partial charge >= 0.3 is 0 Å². The quantitative estimate of drug-likeness (QED) is 0.0558. The number of fused-ring (bicyclic) bond motifs is 1. The van der Waals surface area contributed by atoms with Gasteiger partial charge in [-0.1, -0.05) is 97.5 Å². The van der Waals surface area contributed by atoms with E-state index in [4.69, 9.17) is 19.2 Å². The van der Waals surface area contributed by atoms with Gasteiger partial charge in [-0.3, -0.25) is 14.4 Å². The van der Waals surface area contributed by atoms with Crippen molar-refractivity contribution in [1.29, 1.82) is 0 Å². The molecule has 1 fully saturated rings. The molecule has 2 aliphatic carbocycles. The van der Waals surface area contributed by atoms with Crippen molar-refractivity contribution in [3.05, 3.63) is 161 Å². The van der Waals surface area contributed by atoms with Crippen LogP contribution in [0.15, 0.2) is 132 Å². The lowest BCUT2D eigenvalue weighted by Crippen LogP contribution is -2.44. The number of Topliss-reactive ketones (excluding diaryl/α,β-unsaturated/α-hetero) is 1. The normalized spacial score (nSPS) is 18.9. The molecule has 7 rings (SSSR count). The van der Waals surface area contributed by atoms with E-state index in [1.807, 2.05) is 66.7 Å². The monoisotopic (exact) mass is 776 g/mol. The number of ether oxygens (including phenoxy) is 2. The van der Waals surface area contributed by atoms with Crippen LogP contribution in [-0.2, 0) is 28.5 Å². The van der Waals surface area contributed by atoms with E-state index >= 15 is 0 Å². The summed E-state index contributed by atoms with van der Waals surface area (Å²) in [6.45, 7) is 0.860. The molecule has 2 atom stereocenters. The summed E-state index contributed by atoms with van der Waals surface area (Å²) in [7, 11) is 3.10. The van der Waals surface area contributed by atoms with Crippen LogP contribution in [0.1, 0.15) is 76.2 Å². The average molecular weight is 777 g/mol. The number of allylic oxidation sites excluding steroid dienone is 1. The smallest absolute Gasteiger partial charge is 0.255 e. The van der Waals surface area contributed by atoms with Gasteiger partial charge in [-0.2, -0.15) is 0 Å². The number of nitrogens with zero attached hydrogens (tertiary/aromatic N) is 1. The minimum Gasteiger partial charge on any atom is -0.515 e. The molecule has 1 heterocycles. The molecule has 12 nitrogen and oxygen atoms in total. The third-order valence-electron chi connectivity index (χ3n) is 10.6. The van der Waals surface area contributed by atoms with Crippen molar-refractivity contribution >= 4 is 17.6 Å². The lowest BCUT2D eigenvalue weighted by molar-refractivity contribution is -0.118. The summed E-state index contributed by atoms with van der Waals surface area (Å²) in [6.07, 6.45) is 6.60. The van der Waals surface area contributed by atoms with Gasteiger partial charge in [-0.05, 0) is 61.1 Å². The van der Waals surface area contributed by atoms with Crippen LogP contribution in [0.4, 0.5) is 0 Å². The van der Waals surface area contributed by atoms with Gasteiger partial charge < -0.3 is 34.9 Å². The van der Waals surface area contributed by atoms with Crippen LogP contribution in [0.25, 0.3) is 0 Å². The summed E-state index contributed by atoms with van der Waals surface area (Å²) in [5.41, 5.74) is 5.11. The molecule has 12 heteroatoms. The zero-order chi connectivity index (χ0) is 40.0. The summed E-state index contributed by atoms with van der Waals surface area (Å²) in [5.74, 6) is 4.13. The number of benzene rings is 4. The number of nitrogens with two attached hydrogens (primary N) is 1. The molecule has 0 saturated heterocycles. The van der Waals surface area contributed by atoms with E-state index in [2.05, 4.69) is 33.8 Å². The van der Waals surface area contributed by atoms with Crippen molar-refractivity contribution in [3.63, 3.8) is 0 Å². The zero-order valence-corrected chi connectivity index (χ0v) is 31.6. The molecule has 0 bridgehead atoms. The Labute approximate surface area is 333 Å². The molecule has 6 N–H and O–H groups in total. The van der Waals surface area contributed by atoms with Crippen molar-refractivity contribution in [2.45, 2.75) is 56.8 Å². The van der Waals surface area contributed by atoms with Gasteiger partial charge in [0, 0.05) is 47.9 Å². The van der Waals surface area contributed by atoms with E-state index < -0.39 is 5.41 Å². The van der Waals surface area contributed by atoms with Gasteiger partial charge in [0.25, 0.3) is 11.8 Å². The first-order chi connectivity index (χ1) is 27.3. The molecule has 0 spiro atoms. The van der Waals surface area contributed by atoms with Gasteiger partial charge in [0.15, 0.2) is 5.78 Å². The maximum absolute atomic E-state index is 12.8. The summed E-state index contributed by atoms with van der Waals surface area (Å²) in [6, 6.07) is 34.4. The molecule has 1 aromatic heterocycles. The van der Waals surface area contributed by atoms with E-state index in [0.717, 1.165) is 42.3 Å². The number of carbonyl (C=O) groups is 3. The lowest BCUT2D eigenvalue weighted by Gasteiger charge is -2.38. The number of aliphatic hydroxyl groups is 1. The van der Waals surface area contributed by atoms with Crippen molar-refractivity contribution in [2.75, 3.05) is 27.3 Å². The molecule has 2 amide bonds.